The van der Waals surface area contributed by atoms with Gasteiger partial charge in [-0.3, -0.25) is 14.8 Å². The third-order valence-corrected chi connectivity index (χ3v) is 1.80. The van der Waals surface area contributed by atoms with E-state index in [1.54, 1.807) is 48.8 Å². The number of pyridine rings is 2. The Morgan fingerprint density at radius 3 is 1.67 bits per heavy atom. The van der Waals surface area contributed by atoms with Gasteiger partial charge < -0.3 is 0 Å². The Hall–Kier alpha value is -2.03. The van der Waals surface area contributed by atoms with Gasteiger partial charge in [-0.05, 0) is 24.3 Å². The lowest BCUT2D eigenvalue weighted by Crippen LogP contribution is -2.05. The highest BCUT2D eigenvalue weighted by atomic mass is 16.1. The fraction of sp³-hybridized carbons (Fsp3) is 0.0833. The molecule has 2 aromatic heterocycles. The SMILES string of the molecule is C.O=C(c1ccccn1)c1ccccn1. The highest BCUT2D eigenvalue weighted by Crippen LogP contribution is 2.03. The normalized spacial score (nSPS) is 9.07. The third-order valence-electron chi connectivity index (χ3n) is 1.80. The largest absolute Gasteiger partial charge is 0.285 e. The molecule has 0 unspecified atom stereocenters. The average molecular weight is 200 g/mol. The van der Waals surface area contributed by atoms with Crippen LogP contribution in [0, 0.1) is 0 Å². The van der Waals surface area contributed by atoms with Crippen LogP contribution in [-0.4, -0.2) is 15.8 Å². The molecule has 0 aliphatic rings. The summed E-state index contributed by atoms with van der Waals surface area (Å²) in [6, 6.07) is 10.5. The van der Waals surface area contributed by atoms with E-state index in [2.05, 4.69) is 9.97 Å². The van der Waals surface area contributed by atoms with Crippen LogP contribution < -0.4 is 0 Å². The summed E-state index contributed by atoms with van der Waals surface area (Å²) in [5.41, 5.74) is 0.845. The summed E-state index contributed by atoms with van der Waals surface area (Å²) in [5.74, 6) is -0.147. The molecule has 0 aliphatic heterocycles. The van der Waals surface area contributed by atoms with Crippen LogP contribution in [0.25, 0.3) is 0 Å². The number of hydrogen-bond donors (Lipinski definition) is 0. The molecule has 0 N–H and O–H groups in total. The number of nitrogens with zero attached hydrogens (tertiary/aromatic N) is 2. The van der Waals surface area contributed by atoms with Gasteiger partial charge in [-0.25, -0.2) is 0 Å². The molecular weight excluding hydrogens is 188 g/mol. The van der Waals surface area contributed by atoms with E-state index in [1.807, 2.05) is 0 Å². The Labute approximate surface area is 88.8 Å². The molecular formula is C12H12N2O. The van der Waals surface area contributed by atoms with Gasteiger partial charge >= 0.3 is 0 Å². The van der Waals surface area contributed by atoms with Gasteiger partial charge in [0.05, 0.1) is 0 Å². The molecule has 0 spiro atoms. The van der Waals surface area contributed by atoms with Crippen LogP contribution >= 0.6 is 0 Å². The maximum atomic E-state index is 11.7. The van der Waals surface area contributed by atoms with Crippen molar-refractivity contribution in [2.75, 3.05) is 0 Å². The zero-order valence-electron chi connectivity index (χ0n) is 7.42. The van der Waals surface area contributed by atoms with Gasteiger partial charge in [-0.15, -0.1) is 0 Å². The Bertz CT molecular complexity index is 384. The number of aromatic nitrogens is 2. The minimum Gasteiger partial charge on any atom is -0.285 e. The predicted octanol–water partition coefficient (Wildman–Crippen LogP) is 2.34. The number of ketones is 1. The van der Waals surface area contributed by atoms with Gasteiger partial charge in [0.15, 0.2) is 0 Å². The van der Waals surface area contributed by atoms with E-state index in [4.69, 9.17) is 0 Å². The first kappa shape index (κ1) is 11.0. The van der Waals surface area contributed by atoms with Crippen molar-refractivity contribution in [3.05, 3.63) is 60.2 Å². The van der Waals surface area contributed by atoms with Crippen molar-refractivity contribution in [2.24, 2.45) is 0 Å². The fourth-order valence-electron chi connectivity index (χ4n) is 1.13. The molecule has 2 rings (SSSR count). The molecule has 3 nitrogen and oxygen atoms in total. The van der Waals surface area contributed by atoms with Gasteiger partial charge in [0.2, 0.25) is 5.78 Å². The highest BCUT2D eigenvalue weighted by molar-refractivity contribution is 6.06. The summed E-state index contributed by atoms with van der Waals surface area (Å²) in [5, 5.41) is 0. The van der Waals surface area contributed by atoms with E-state index in [9.17, 15) is 4.79 Å². The van der Waals surface area contributed by atoms with Crippen molar-refractivity contribution in [2.45, 2.75) is 7.43 Å². The van der Waals surface area contributed by atoms with Crippen LogP contribution in [0.4, 0.5) is 0 Å². The Balaban J connectivity index is 0.00000112. The van der Waals surface area contributed by atoms with Crippen LogP contribution in [0.3, 0.4) is 0 Å². The number of rotatable bonds is 2. The molecule has 0 saturated carbocycles. The molecule has 0 aromatic carbocycles. The summed E-state index contributed by atoms with van der Waals surface area (Å²) in [7, 11) is 0. The summed E-state index contributed by atoms with van der Waals surface area (Å²) >= 11 is 0. The van der Waals surface area contributed by atoms with Gasteiger partial charge in [-0.2, -0.15) is 0 Å². The van der Waals surface area contributed by atoms with Crippen molar-refractivity contribution in [3.8, 4) is 0 Å². The zero-order chi connectivity index (χ0) is 9.80. The van der Waals surface area contributed by atoms with E-state index in [-0.39, 0.29) is 13.2 Å². The Kier molecular flexibility index (Phi) is 3.68. The van der Waals surface area contributed by atoms with Crippen molar-refractivity contribution in [3.63, 3.8) is 0 Å². The summed E-state index contributed by atoms with van der Waals surface area (Å²) < 4.78 is 0. The molecule has 2 heterocycles. The molecule has 0 radical (unpaired) electrons. The average Bonchev–Trinajstić information content (AvgIpc) is 2.30. The number of carbonyl (C=O) groups is 1. The number of hydrogen-bond acceptors (Lipinski definition) is 3. The zero-order valence-corrected chi connectivity index (χ0v) is 7.42. The predicted molar refractivity (Wildman–Crippen MR) is 58.6 cm³/mol. The standard InChI is InChI=1S/C11H8N2O.CH4/c14-11(9-5-1-3-7-12-9)10-6-2-4-8-13-10;/h1-8H;1H4. The van der Waals surface area contributed by atoms with Crippen LogP contribution in [-0.2, 0) is 0 Å². The van der Waals surface area contributed by atoms with E-state index in [0.717, 1.165) is 0 Å². The van der Waals surface area contributed by atoms with Crippen LogP contribution in [0.15, 0.2) is 48.8 Å². The minimum atomic E-state index is -0.147. The van der Waals surface area contributed by atoms with Crippen LogP contribution in [0.5, 0.6) is 0 Å². The van der Waals surface area contributed by atoms with Gasteiger partial charge in [0.25, 0.3) is 0 Å². The minimum absolute atomic E-state index is 0. The molecule has 0 atom stereocenters. The van der Waals surface area contributed by atoms with Gasteiger partial charge in [0.1, 0.15) is 11.4 Å². The molecule has 0 saturated heterocycles. The molecule has 2 aromatic rings. The lowest BCUT2D eigenvalue weighted by molar-refractivity contribution is 0.103. The van der Waals surface area contributed by atoms with E-state index in [1.165, 1.54) is 0 Å². The van der Waals surface area contributed by atoms with E-state index >= 15 is 0 Å². The second-order valence-corrected chi connectivity index (χ2v) is 2.76. The summed E-state index contributed by atoms with van der Waals surface area (Å²) in [6.45, 7) is 0. The first-order chi connectivity index (χ1) is 6.88. The Morgan fingerprint density at radius 1 is 0.867 bits per heavy atom. The van der Waals surface area contributed by atoms with E-state index < -0.39 is 0 Å². The number of carbonyl (C=O) groups excluding carboxylic acids is 1. The lowest BCUT2D eigenvalue weighted by atomic mass is 10.2. The Morgan fingerprint density at radius 2 is 1.33 bits per heavy atom. The van der Waals surface area contributed by atoms with Crippen LogP contribution in [0.1, 0.15) is 23.6 Å². The first-order valence-electron chi connectivity index (χ1n) is 4.25. The van der Waals surface area contributed by atoms with Crippen molar-refractivity contribution < 1.29 is 4.79 Å². The fourth-order valence-corrected chi connectivity index (χ4v) is 1.13. The molecule has 0 fully saturated rings. The van der Waals surface area contributed by atoms with Crippen molar-refractivity contribution >= 4 is 5.78 Å². The van der Waals surface area contributed by atoms with Gasteiger partial charge in [-0.1, -0.05) is 19.6 Å². The second-order valence-electron chi connectivity index (χ2n) is 2.76. The monoisotopic (exact) mass is 200 g/mol. The van der Waals surface area contributed by atoms with Crippen LogP contribution in [0.2, 0.25) is 0 Å². The molecule has 0 amide bonds. The molecule has 0 aliphatic carbocycles. The maximum Gasteiger partial charge on any atom is 0.229 e. The second kappa shape index (κ2) is 5.00. The molecule has 76 valence electrons. The smallest absolute Gasteiger partial charge is 0.229 e. The highest BCUT2D eigenvalue weighted by Gasteiger charge is 2.09. The van der Waals surface area contributed by atoms with Crippen molar-refractivity contribution in [1.29, 1.82) is 0 Å². The summed E-state index contributed by atoms with van der Waals surface area (Å²) in [6.07, 6.45) is 3.19. The van der Waals surface area contributed by atoms with E-state index in [0.29, 0.717) is 11.4 Å². The van der Waals surface area contributed by atoms with Gasteiger partial charge in [0, 0.05) is 12.4 Å². The molecule has 0 bridgehead atoms. The quantitative estimate of drug-likeness (QED) is 0.699. The molecule has 3 heteroatoms. The topological polar surface area (TPSA) is 42.9 Å². The van der Waals surface area contributed by atoms with Crippen molar-refractivity contribution in [1.82, 2.24) is 9.97 Å². The summed E-state index contributed by atoms with van der Waals surface area (Å²) in [4.78, 5) is 19.7. The molecule has 15 heavy (non-hydrogen) atoms. The third kappa shape index (κ3) is 2.47. The lowest BCUT2D eigenvalue weighted by Gasteiger charge is -1.97. The maximum absolute atomic E-state index is 11.7. The first-order valence-corrected chi connectivity index (χ1v) is 4.25.